The second-order valence-electron chi connectivity index (χ2n) is 6.74. The zero-order chi connectivity index (χ0) is 24.4. The molecular weight excluding hydrogens is 446 g/mol. The van der Waals surface area contributed by atoms with E-state index in [2.05, 4.69) is 25.1 Å². The number of phenols is 1. The van der Waals surface area contributed by atoms with Crippen LogP contribution in [0.25, 0.3) is 0 Å². The highest BCUT2D eigenvalue weighted by molar-refractivity contribution is 7.91. The fourth-order valence-electron chi connectivity index (χ4n) is 2.82. The summed E-state index contributed by atoms with van der Waals surface area (Å²) in [6, 6.07) is 8.17. The van der Waals surface area contributed by atoms with E-state index in [1.54, 1.807) is 12.2 Å². The topological polar surface area (TPSA) is 119 Å². The number of ether oxygens (including phenoxy) is 2. The lowest BCUT2D eigenvalue weighted by atomic mass is 10.1. The molecule has 0 aliphatic carbocycles. The minimum atomic E-state index is -3.90. The Kier molecular flexibility index (Phi) is 8.99. The van der Waals surface area contributed by atoms with E-state index in [0.29, 0.717) is 17.5 Å². The molecule has 0 saturated heterocycles. The molecule has 0 bridgehead atoms. The minimum absolute atomic E-state index is 0.00121. The SMILES string of the molecule is C=CCc1cc(S(=O)(=O)c2ccc(OC(=O)NCCOC(=O)C=C)c(CC=C)c2)ccc1O. The van der Waals surface area contributed by atoms with Crippen LogP contribution in [0.1, 0.15) is 11.1 Å². The Morgan fingerprint density at radius 2 is 1.58 bits per heavy atom. The summed E-state index contributed by atoms with van der Waals surface area (Å²) in [5.74, 6) is -0.469. The molecule has 0 spiro atoms. The largest absolute Gasteiger partial charge is 0.508 e. The smallest absolute Gasteiger partial charge is 0.412 e. The third-order valence-electron chi connectivity index (χ3n) is 4.42. The Balaban J connectivity index is 2.23. The Labute approximate surface area is 192 Å². The van der Waals surface area contributed by atoms with Gasteiger partial charge in [-0.25, -0.2) is 18.0 Å². The van der Waals surface area contributed by atoms with Crippen molar-refractivity contribution in [1.82, 2.24) is 5.32 Å². The summed E-state index contributed by atoms with van der Waals surface area (Å²) < 4.78 is 36.3. The van der Waals surface area contributed by atoms with E-state index < -0.39 is 21.9 Å². The second-order valence-corrected chi connectivity index (χ2v) is 8.69. The van der Waals surface area contributed by atoms with Crippen molar-refractivity contribution in [2.45, 2.75) is 22.6 Å². The van der Waals surface area contributed by atoms with Gasteiger partial charge in [0.25, 0.3) is 0 Å². The lowest BCUT2D eigenvalue weighted by molar-refractivity contribution is -0.137. The number of nitrogens with one attached hydrogen (secondary N) is 1. The Bertz CT molecular complexity index is 1170. The number of hydrogen-bond acceptors (Lipinski definition) is 7. The number of hydrogen-bond donors (Lipinski definition) is 2. The van der Waals surface area contributed by atoms with Gasteiger partial charge < -0.3 is 19.9 Å². The van der Waals surface area contributed by atoms with Gasteiger partial charge in [-0.3, -0.25) is 0 Å². The fraction of sp³-hybridized carbons (Fsp3) is 0.167. The number of phenolic OH excluding ortho intramolecular Hbond substituents is 1. The average molecular weight is 472 g/mol. The van der Waals surface area contributed by atoms with E-state index in [4.69, 9.17) is 9.47 Å². The van der Waals surface area contributed by atoms with Gasteiger partial charge in [0.05, 0.1) is 16.3 Å². The summed E-state index contributed by atoms with van der Waals surface area (Å²) in [6.07, 6.45) is 3.89. The molecule has 2 N–H and O–H groups in total. The van der Waals surface area contributed by atoms with Crippen LogP contribution in [0.3, 0.4) is 0 Å². The molecule has 0 aromatic heterocycles. The summed E-state index contributed by atoms with van der Waals surface area (Å²) in [5, 5.41) is 12.3. The molecule has 9 heteroatoms. The zero-order valence-electron chi connectivity index (χ0n) is 18.0. The van der Waals surface area contributed by atoms with E-state index in [1.165, 1.54) is 36.4 Å². The molecule has 0 unspecified atom stereocenters. The van der Waals surface area contributed by atoms with Gasteiger partial charge in [0, 0.05) is 11.6 Å². The molecule has 2 aromatic rings. The Morgan fingerprint density at radius 1 is 0.970 bits per heavy atom. The van der Waals surface area contributed by atoms with E-state index in [-0.39, 0.29) is 40.9 Å². The number of rotatable bonds is 11. The molecule has 0 aliphatic heterocycles. The van der Waals surface area contributed by atoms with Gasteiger partial charge in [-0.2, -0.15) is 0 Å². The number of carbonyl (C=O) groups excluding carboxylic acids is 2. The number of esters is 1. The van der Waals surface area contributed by atoms with Crippen molar-refractivity contribution in [2.24, 2.45) is 0 Å². The van der Waals surface area contributed by atoms with Crippen LogP contribution in [0.5, 0.6) is 11.5 Å². The van der Waals surface area contributed by atoms with Crippen molar-refractivity contribution in [1.29, 1.82) is 0 Å². The first-order valence-electron chi connectivity index (χ1n) is 9.89. The van der Waals surface area contributed by atoms with Gasteiger partial charge in [-0.05, 0) is 54.8 Å². The summed E-state index contributed by atoms with van der Waals surface area (Å²) in [6.45, 7) is 10.5. The average Bonchev–Trinajstić information content (AvgIpc) is 2.79. The molecule has 33 heavy (non-hydrogen) atoms. The molecule has 0 saturated carbocycles. The van der Waals surface area contributed by atoms with Crippen molar-refractivity contribution in [3.63, 3.8) is 0 Å². The molecule has 2 aromatic carbocycles. The van der Waals surface area contributed by atoms with Crippen LogP contribution in [0.15, 0.2) is 84.2 Å². The molecule has 8 nitrogen and oxygen atoms in total. The summed E-state index contributed by atoms with van der Waals surface area (Å²) in [5.41, 5.74) is 0.872. The molecule has 0 radical (unpaired) electrons. The predicted molar refractivity (Wildman–Crippen MR) is 123 cm³/mol. The lowest BCUT2D eigenvalue weighted by Crippen LogP contribution is -2.30. The number of sulfone groups is 1. The van der Waals surface area contributed by atoms with E-state index in [1.807, 2.05) is 0 Å². The minimum Gasteiger partial charge on any atom is -0.508 e. The van der Waals surface area contributed by atoms with E-state index in [9.17, 15) is 23.1 Å². The van der Waals surface area contributed by atoms with Crippen LogP contribution in [0.4, 0.5) is 4.79 Å². The monoisotopic (exact) mass is 471 g/mol. The first-order valence-corrected chi connectivity index (χ1v) is 11.4. The number of aromatic hydroxyl groups is 1. The van der Waals surface area contributed by atoms with Crippen LogP contribution >= 0.6 is 0 Å². The van der Waals surface area contributed by atoms with Crippen LogP contribution in [0.2, 0.25) is 0 Å². The maximum Gasteiger partial charge on any atom is 0.412 e. The maximum atomic E-state index is 13.1. The molecule has 0 heterocycles. The zero-order valence-corrected chi connectivity index (χ0v) is 18.8. The lowest BCUT2D eigenvalue weighted by Gasteiger charge is -2.13. The number of allylic oxidation sites excluding steroid dienone is 2. The number of benzene rings is 2. The van der Waals surface area contributed by atoms with Crippen LogP contribution < -0.4 is 10.1 Å². The van der Waals surface area contributed by atoms with Crippen molar-refractivity contribution in [2.75, 3.05) is 13.2 Å². The summed E-state index contributed by atoms with van der Waals surface area (Å²) >= 11 is 0. The molecule has 0 fully saturated rings. The van der Waals surface area contributed by atoms with Crippen molar-refractivity contribution < 1.29 is 32.6 Å². The Hall–Kier alpha value is -3.85. The van der Waals surface area contributed by atoms with Crippen molar-refractivity contribution in [3.05, 3.63) is 85.5 Å². The second kappa shape index (κ2) is 11.7. The quantitative estimate of drug-likeness (QED) is 0.223. The van der Waals surface area contributed by atoms with E-state index >= 15 is 0 Å². The third-order valence-corrected chi connectivity index (χ3v) is 6.17. The van der Waals surface area contributed by atoms with Gasteiger partial charge in [0.1, 0.15) is 18.1 Å². The van der Waals surface area contributed by atoms with Crippen molar-refractivity contribution >= 4 is 21.9 Å². The summed E-state index contributed by atoms with van der Waals surface area (Å²) in [7, 11) is -3.90. The predicted octanol–water partition coefficient (Wildman–Crippen LogP) is 3.50. The van der Waals surface area contributed by atoms with Gasteiger partial charge >= 0.3 is 12.1 Å². The maximum absolute atomic E-state index is 13.1. The molecule has 0 atom stereocenters. The molecular formula is C24H25NO7S. The Morgan fingerprint density at radius 3 is 2.21 bits per heavy atom. The van der Waals surface area contributed by atoms with Crippen LogP contribution in [0, 0.1) is 0 Å². The molecule has 174 valence electrons. The van der Waals surface area contributed by atoms with Gasteiger partial charge in [0.2, 0.25) is 9.84 Å². The van der Waals surface area contributed by atoms with Gasteiger partial charge in [0.15, 0.2) is 0 Å². The number of carbonyl (C=O) groups is 2. The van der Waals surface area contributed by atoms with Crippen molar-refractivity contribution in [3.8, 4) is 11.5 Å². The highest BCUT2D eigenvalue weighted by Gasteiger charge is 2.21. The normalized spacial score (nSPS) is 10.7. The first-order chi connectivity index (χ1) is 15.7. The van der Waals surface area contributed by atoms with Crippen LogP contribution in [-0.4, -0.2) is 38.7 Å². The van der Waals surface area contributed by atoms with E-state index in [0.717, 1.165) is 6.08 Å². The molecule has 0 aliphatic rings. The number of amides is 1. The highest BCUT2D eigenvalue weighted by Crippen LogP contribution is 2.30. The molecule has 1 amide bonds. The highest BCUT2D eigenvalue weighted by atomic mass is 32.2. The van der Waals surface area contributed by atoms with Crippen LogP contribution in [-0.2, 0) is 32.2 Å². The van der Waals surface area contributed by atoms with Gasteiger partial charge in [-0.1, -0.05) is 18.7 Å². The summed E-state index contributed by atoms with van der Waals surface area (Å²) in [4.78, 5) is 23.1. The third kappa shape index (κ3) is 6.81. The first kappa shape index (κ1) is 25.4. The fourth-order valence-corrected chi connectivity index (χ4v) is 4.18. The molecule has 2 rings (SSSR count). The standard InChI is InChI=1S/C24H25NO7S/c1-4-7-17-15-19(9-11-21(17)26)33(29,30)20-10-12-22(18(16-20)8-5-2)32-24(28)25-13-14-31-23(27)6-3/h4-6,9-12,15-16,26H,1-3,7-8,13-14H2,(H,25,28). The van der Waals surface area contributed by atoms with Gasteiger partial charge in [-0.15, -0.1) is 13.2 Å².